The maximum Gasteiger partial charge on any atom is 0.511 e. The minimum absolute atomic E-state index is 0.220. The highest BCUT2D eigenvalue weighted by atomic mass is 16.8. The average molecular weight is 357 g/mol. The molecule has 0 aromatic carbocycles. The molecule has 2 saturated heterocycles. The van der Waals surface area contributed by atoms with Crippen LogP contribution in [0.2, 0.25) is 0 Å². The van der Waals surface area contributed by atoms with E-state index in [4.69, 9.17) is 9.47 Å². The Balaban J connectivity index is 1.64. The monoisotopic (exact) mass is 357 g/mol. The molecule has 2 heterocycles. The van der Waals surface area contributed by atoms with E-state index in [9.17, 15) is 9.59 Å². The number of ether oxygens (including phenoxy) is 3. The third kappa shape index (κ3) is 6.80. The molecule has 2 fully saturated rings. The van der Waals surface area contributed by atoms with Gasteiger partial charge in [-0.3, -0.25) is 14.6 Å². The fourth-order valence-electron chi connectivity index (χ4n) is 3.36. The molecule has 0 aliphatic carbocycles. The number of esters is 1. The van der Waals surface area contributed by atoms with E-state index in [1.54, 1.807) is 6.92 Å². The van der Waals surface area contributed by atoms with Crippen molar-refractivity contribution in [3.63, 3.8) is 0 Å². The molecule has 144 valence electrons. The van der Waals surface area contributed by atoms with E-state index in [-0.39, 0.29) is 19.1 Å². The maximum absolute atomic E-state index is 12.0. The number of likely N-dealkylation sites (tertiary alicyclic amines) is 1. The predicted octanol–water partition coefficient (Wildman–Crippen LogP) is 0.761. The number of hydrogen-bond donors (Lipinski definition) is 0. The van der Waals surface area contributed by atoms with Crippen LogP contribution in [0.1, 0.15) is 26.7 Å². The first-order valence-corrected chi connectivity index (χ1v) is 9.15. The number of rotatable bonds is 6. The summed E-state index contributed by atoms with van der Waals surface area (Å²) in [5.41, 5.74) is 0. The highest BCUT2D eigenvalue weighted by Crippen LogP contribution is 2.17. The second kappa shape index (κ2) is 9.94. The van der Waals surface area contributed by atoms with Gasteiger partial charge < -0.3 is 19.1 Å². The first kappa shape index (κ1) is 19.9. The molecular formula is C17H31N3O5. The zero-order valence-electron chi connectivity index (χ0n) is 15.6. The predicted molar refractivity (Wildman–Crippen MR) is 92.2 cm³/mol. The van der Waals surface area contributed by atoms with Crippen LogP contribution in [0.15, 0.2) is 0 Å². The fraction of sp³-hybridized carbons (Fsp3) is 0.882. The van der Waals surface area contributed by atoms with Gasteiger partial charge in [0.1, 0.15) is 0 Å². The van der Waals surface area contributed by atoms with Crippen LogP contribution in [0.25, 0.3) is 0 Å². The van der Waals surface area contributed by atoms with Gasteiger partial charge in [-0.1, -0.05) is 0 Å². The molecule has 0 spiro atoms. The molecule has 2 aliphatic rings. The largest absolute Gasteiger partial charge is 0.511 e. The molecule has 2 aliphatic heterocycles. The molecule has 8 heteroatoms. The maximum atomic E-state index is 12.0. The molecule has 0 amide bonds. The van der Waals surface area contributed by atoms with Crippen molar-refractivity contribution >= 4 is 12.1 Å². The summed E-state index contributed by atoms with van der Waals surface area (Å²) in [4.78, 5) is 30.2. The molecule has 0 N–H and O–H groups in total. The number of carbonyl (C=O) groups is 2. The molecule has 1 unspecified atom stereocenters. The van der Waals surface area contributed by atoms with Crippen molar-refractivity contribution in [1.29, 1.82) is 0 Å². The summed E-state index contributed by atoms with van der Waals surface area (Å²) < 4.78 is 14.6. The van der Waals surface area contributed by atoms with Crippen LogP contribution in [0.3, 0.4) is 0 Å². The van der Waals surface area contributed by atoms with Crippen LogP contribution >= 0.6 is 0 Å². The van der Waals surface area contributed by atoms with Gasteiger partial charge in [0.2, 0.25) is 6.29 Å². The van der Waals surface area contributed by atoms with Gasteiger partial charge in [-0.25, -0.2) is 4.79 Å². The van der Waals surface area contributed by atoms with Gasteiger partial charge in [-0.2, -0.15) is 0 Å². The number of carbonyl (C=O) groups excluding carboxylic acids is 2. The first-order chi connectivity index (χ1) is 12.0. The van der Waals surface area contributed by atoms with Crippen LogP contribution in [-0.2, 0) is 19.0 Å². The summed E-state index contributed by atoms with van der Waals surface area (Å²) in [7, 11) is 2.17. The molecule has 0 bridgehead atoms. The quantitative estimate of drug-likeness (QED) is 0.510. The highest BCUT2D eigenvalue weighted by Gasteiger charge is 2.27. The van der Waals surface area contributed by atoms with Gasteiger partial charge in [0.25, 0.3) is 0 Å². The summed E-state index contributed by atoms with van der Waals surface area (Å²) >= 11 is 0. The lowest BCUT2D eigenvalue weighted by Crippen LogP contribution is -2.53. The Hall–Kier alpha value is -1.38. The summed E-state index contributed by atoms with van der Waals surface area (Å²) in [6, 6.07) is 0.670. The minimum atomic E-state index is -0.938. The lowest BCUT2D eigenvalue weighted by atomic mass is 10.0. The molecule has 1 atom stereocenters. The zero-order chi connectivity index (χ0) is 18.2. The van der Waals surface area contributed by atoms with Crippen molar-refractivity contribution in [2.45, 2.75) is 39.0 Å². The number of piperidine rings is 1. The molecule has 2 rings (SSSR count). The Labute approximate surface area is 150 Å². The van der Waals surface area contributed by atoms with Crippen molar-refractivity contribution < 1.29 is 23.8 Å². The Bertz CT molecular complexity index is 432. The fourth-order valence-corrected chi connectivity index (χ4v) is 3.36. The van der Waals surface area contributed by atoms with Crippen LogP contribution in [0.4, 0.5) is 4.79 Å². The normalized spacial score (nSPS) is 22.4. The number of nitrogens with zero attached hydrogens (tertiary/aromatic N) is 3. The van der Waals surface area contributed by atoms with E-state index in [0.29, 0.717) is 6.04 Å². The SMILES string of the molecule is CCOC(=O)OC(C)OC(=O)CN1CCN(C2CCN(C)CC2)CC1. The van der Waals surface area contributed by atoms with E-state index >= 15 is 0 Å². The minimum Gasteiger partial charge on any atom is -0.435 e. The van der Waals surface area contributed by atoms with Gasteiger partial charge in [0.05, 0.1) is 13.2 Å². The van der Waals surface area contributed by atoms with Crippen LogP contribution < -0.4 is 0 Å². The Morgan fingerprint density at radius 1 is 1.04 bits per heavy atom. The zero-order valence-corrected chi connectivity index (χ0v) is 15.6. The molecular weight excluding hydrogens is 326 g/mol. The van der Waals surface area contributed by atoms with Gasteiger partial charge in [0.15, 0.2) is 0 Å². The molecule has 0 saturated carbocycles. The third-order valence-corrected chi connectivity index (χ3v) is 4.79. The molecule has 25 heavy (non-hydrogen) atoms. The van der Waals surface area contributed by atoms with Crippen LogP contribution in [0, 0.1) is 0 Å². The number of hydrogen-bond acceptors (Lipinski definition) is 8. The van der Waals surface area contributed by atoms with Crippen LogP contribution in [-0.4, -0.2) is 98.6 Å². The average Bonchev–Trinajstić information content (AvgIpc) is 2.56. The van der Waals surface area contributed by atoms with Gasteiger partial charge in [-0.05, 0) is 39.9 Å². The van der Waals surface area contributed by atoms with E-state index in [0.717, 1.165) is 39.3 Å². The lowest BCUT2D eigenvalue weighted by Gasteiger charge is -2.42. The Kier molecular flexibility index (Phi) is 7.92. The van der Waals surface area contributed by atoms with E-state index in [1.165, 1.54) is 19.8 Å². The molecule has 0 radical (unpaired) electrons. The first-order valence-electron chi connectivity index (χ1n) is 9.15. The second-order valence-electron chi connectivity index (χ2n) is 6.70. The molecule has 8 nitrogen and oxygen atoms in total. The van der Waals surface area contributed by atoms with E-state index in [1.807, 2.05) is 0 Å². The Morgan fingerprint density at radius 2 is 1.68 bits per heavy atom. The highest BCUT2D eigenvalue weighted by molar-refractivity contribution is 5.72. The van der Waals surface area contributed by atoms with Crippen LogP contribution in [0.5, 0.6) is 0 Å². The van der Waals surface area contributed by atoms with Crippen molar-refractivity contribution in [3.8, 4) is 0 Å². The smallest absolute Gasteiger partial charge is 0.435 e. The van der Waals surface area contributed by atoms with Gasteiger partial charge >= 0.3 is 12.1 Å². The van der Waals surface area contributed by atoms with Crippen molar-refractivity contribution in [2.24, 2.45) is 0 Å². The second-order valence-corrected chi connectivity index (χ2v) is 6.70. The summed E-state index contributed by atoms with van der Waals surface area (Å²) in [5.74, 6) is -0.385. The van der Waals surface area contributed by atoms with E-state index in [2.05, 4.69) is 26.5 Å². The van der Waals surface area contributed by atoms with Crippen molar-refractivity contribution in [1.82, 2.24) is 14.7 Å². The summed E-state index contributed by atoms with van der Waals surface area (Å²) in [6.07, 6.45) is 0.685. The van der Waals surface area contributed by atoms with Gasteiger partial charge in [-0.15, -0.1) is 0 Å². The summed E-state index contributed by atoms with van der Waals surface area (Å²) in [5, 5.41) is 0. The third-order valence-electron chi connectivity index (χ3n) is 4.79. The van der Waals surface area contributed by atoms with Gasteiger partial charge in [0, 0.05) is 39.1 Å². The van der Waals surface area contributed by atoms with Crippen molar-refractivity contribution in [3.05, 3.63) is 0 Å². The Morgan fingerprint density at radius 3 is 2.28 bits per heavy atom. The standard InChI is InChI=1S/C17H31N3O5/c1-4-23-17(22)25-14(2)24-16(21)13-19-9-11-20(12-10-19)15-5-7-18(3)8-6-15/h14-15H,4-13H2,1-3H3. The van der Waals surface area contributed by atoms with E-state index < -0.39 is 12.4 Å². The topological polar surface area (TPSA) is 71.5 Å². The molecule has 0 aromatic rings. The number of piperazine rings is 1. The summed E-state index contributed by atoms with van der Waals surface area (Å²) in [6.45, 7) is 9.64. The molecule has 0 aromatic heterocycles. The van der Waals surface area contributed by atoms with Crippen molar-refractivity contribution in [2.75, 3.05) is 59.5 Å². The lowest BCUT2D eigenvalue weighted by molar-refractivity contribution is -0.169.